The van der Waals surface area contributed by atoms with Crippen molar-refractivity contribution in [1.29, 1.82) is 0 Å². The fourth-order valence-corrected chi connectivity index (χ4v) is 3.91. The molecule has 1 aromatic carbocycles. The minimum Gasteiger partial charge on any atom is -0.444 e. The fraction of sp³-hybridized carbons (Fsp3) is 0.111. The summed E-state index contributed by atoms with van der Waals surface area (Å²) in [6.45, 7) is 0. The van der Waals surface area contributed by atoms with Gasteiger partial charge in [-0.1, -0.05) is 48.2 Å². The Kier molecular flexibility index (Phi) is 4.23. The quantitative estimate of drug-likeness (QED) is 0.468. The van der Waals surface area contributed by atoms with Crippen molar-refractivity contribution in [3.05, 3.63) is 66.0 Å². The Hall–Kier alpha value is -2.31. The van der Waals surface area contributed by atoms with E-state index in [1.54, 1.807) is 29.4 Å². The monoisotopic (exact) mass is 353 g/mol. The van der Waals surface area contributed by atoms with E-state index in [9.17, 15) is 0 Å². The van der Waals surface area contributed by atoms with Gasteiger partial charge >= 0.3 is 0 Å². The molecule has 0 aliphatic rings. The maximum absolute atomic E-state index is 5.56. The summed E-state index contributed by atoms with van der Waals surface area (Å²) in [5.41, 5.74) is 3.20. The highest BCUT2D eigenvalue weighted by atomic mass is 32.2. The SMILES string of the molecule is Cn1c(-c2ccccc2)cnc1SCc1coc(-c2cccs2)n1. The summed E-state index contributed by atoms with van der Waals surface area (Å²) in [6, 6.07) is 14.3. The van der Waals surface area contributed by atoms with E-state index in [4.69, 9.17) is 4.42 Å². The van der Waals surface area contributed by atoms with Crippen molar-refractivity contribution in [2.24, 2.45) is 7.05 Å². The van der Waals surface area contributed by atoms with Crippen LogP contribution in [0.4, 0.5) is 0 Å². The summed E-state index contributed by atoms with van der Waals surface area (Å²) >= 11 is 3.29. The van der Waals surface area contributed by atoms with Gasteiger partial charge in [-0.2, -0.15) is 0 Å². The maximum Gasteiger partial charge on any atom is 0.236 e. The summed E-state index contributed by atoms with van der Waals surface area (Å²) in [5.74, 6) is 1.42. The number of hydrogen-bond donors (Lipinski definition) is 0. The third-order valence-corrected chi connectivity index (χ3v) is 5.58. The van der Waals surface area contributed by atoms with E-state index < -0.39 is 0 Å². The van der Waals surface area contributed by atoms with Crippen LogP contribution < -0.4 is 0 Å². The molecule has 0 unspecified atom stereocenters. The van der Waals surface area contributed by atoms with Gasteiger partial charge in [0, 0.05) is 12.8 Å². The molecule has 0 amide bonds. The number of rotatable bonds is 5. The molecule has 6 heteroatoms. The lowest BCUT2D eigenvalue weighted by molar-refractivity contribution is 0.575. The molecular weight excluding hydrogens is 338 g/mol. The van der Waals surface area contributed by atoms with Crippen LogP contribution in [0.2, 0.25) is 0 Å². The first-order valence-electron chi connectivity index (χ1n) is 7.49. The predicted molar refractivity (Wildman–Crippen MR) is 98.0 cm³/mol. The molecule has 0 saturated heterocycles. The Labute approximate surface area is 148 Å². The molecule has 0 fully saturated rings. The number of hydrogen-bond acceptors (Lipinski definition) is 5. The Bertz CT molecular complexity index is 927. The number of imidazole rings is 1. The Morgan fingerprint density at radius 1 is 1.17 bits per heavy atom. The molecule has 0 atom stereocenters. The second kappa shape index (κ2) is 6.67. The number of thioether (sulfide) groups is 1. The number of oxazole rings is 1. The molecule has 0 aliphatic heterocycles. The van der Waals surface area contributed by atoms with E-state index in [1.165, 1.54) is 5.56 Å². The van der Waals surface area contributed by atoms with Crippen molar-refractivity contribution >= 4 is 23.1 Å². The average molecular weight is 353 g/mol. The van der Waals surface area contributed by atoms with Crippen LogP contribution in [0, 0.1) is 0 Å². The maximum atomic E-state index is 5.56. The first kappa shape index (κ1) is 15.2. The van der Waals surface area contributed by atoms with Crippen LogP contribution in [0.1, 0.15) is 5.69 Å². The molecule has 0 saturated carbocycles. The largest absolute Gasteiger partial charge is 0.444 e. The van der Waals surface area contributed by atoms with E-state index in [2.05, 4.69) is 26.7 Å². The number of nitrogens with zero attached hydrogens (tertiary/aromatic N) is 3. The number of benzene rings is 1. The topological polar surface area (TPSA) is 43.9 Å². The van der Waals surface area contributed by atoms with Crippen molar-refractivity contribution in [3.63, 3.8) is 0 Å². The highest BCUT2D eigenvalue weighted by molar-refractivity contribution is 7.98. The molecule has 0 spiro atoms. The summed E-state index contributed by atoms with van der Waals surface area (Å²) < 4.78 is 7.67. The normalized spacial score (nSPS) is 11.0. The Balaban J connectivity index is 1.48. The first-order valence-corrected chi connectivity index (χ1v) is 9.36. The second-order valence-electron chi connectivity index (χ2n) is 5.26. The van der Waals surface area contributed by atoms with Crippen LogP contribution in [-0.2, 0) is 12.8 Å². The van der Waals surface area contributed by atoms with Crippen molar-refractivity contribution in [2.75, 3.05) is 0 Å². The van der Waals surface area contributed by atoms with Gasteiger partial charge in [0.1, 0.15) is 6.26 Å². The molecule has 4 nitrogen and oxygen atoms in total. The number of thiophene rings is 1. The summed E-state index contributed by atoms with van der Waals surface area (Å²) in [5, 5.41) is 2.99. The lowest BCUT2D eigenvalue weighted by Crippen LogP contribution is -1.94. The van der Waals surface area contributed by atoms with Gasteiger partial charge in [0.05, 0.1) is 22.5 Å². The van der Waals surface area contributed by atoms with Crippen LogP contribution in [0.3, 0.4) is 0 Å². The smallest absolute Gasteiger partial charge is 0.236 e. The summed E-state index contributed by atoms with van der Waals surface area (Å²) in [4.78, 5) is 10.1. The Morgan fingerprint density at radius 2 is 2.04 bits per heavy atom. The van der Waals surface area contributed by atoms with Crippen molar-refractivity contribution in [2.45, 2.75) is 10.9 Å². The lowest BCUT2D eigenvalue weighted by Gasteiger charge is -2.05. The number of aromatic nitrogens is 3. The zero-order valence-corrected chi connectivity index (χ0v) is 14.7. The fourth-order valence-electron chi connectivity index (χ4n) is 2.43. The molecule has 24 heavy (non-hydrogen) atoms. The minimum atomic E-state index is 0.686. The van der Waals surface area contributed by atoms with Gasteiger partial charge in [-0.15, -0.1) is 11.3 Å². The van der Waals surface area contributed by atoms with E-state index in [0.29, 0.717) is 5.89 Å². The zero-order chi connectivity index (χ0) is 16.4. The van der Waals surface area contributed by atoms with Gasteiger partial charge in [-0.3, -0.25) is 0 Å². The third kappa shape index (κ3) is 3.02. The summed E-state index contributed by atoms with van der Waals surface area (Å²) in [6.07, 6.45) is 3.64. The molecule has 0 N–H and O–H groups in total. The molecule has 120 valence electrons. The van der Waals surface area contributed by atoms with Gasteiger partial charge in [0.25, 0.3) is 0 Å². The molecule has 4 aromatic rings. The molecule has 0 aliphatic carbocycles. The molecule has 3 aromatic heterocycles. The van der Waals surface area contributed by atoms with Crippen LogP contribution in [-0.4, -0.2) is 14.5 Å². The van der Waals surface area contributed by atoms with E-state index >= 15 is 0 Å². The second-order valence-corrected chi connectivity index (χ2v) is 7.15. The van der Waals surface area contributed by atoms with Gasteiger partial charge < -0.3 is 8.98 Å². The van der Waals surface area contributed by atoms with Crippen molar-refractivity contribution in [3.8, 4) is 22.0 Å². The standard InChI is InChI=1S/C18H15N3OS2/c1-21-15(13-6-3-2-4-7-13)10-19-18(21)24-12-14-11-22-17(20-14)16-8-5-9-23-16/h2-11H,12H2,1H3. The molecule has 0 radical (unpaired) electrons. The zero-order valence-electron chi connectivity index (χ0n) is 13.0. The Morgan fingerprint density at radius 3 is 2.83 bits per heavy atom. The molecule has 4 rings (SSSR count). The van der Waals surface area contributed by atoms with Crippen LogP contribution in [0.5, 0.6) is 0 Å². The van der Waals surface area contributed by atoms with Gasteiger partial charge in [-0.05, 0) is 17.0 Å². The highest BCUT2D eigenvalue weighted by Crippen LogP contribution is 2.28. The molecule has 3 heterocycles. The van der Waals surface area contributed by atoms with E-state index in [-0.39, 0.29) is 0 Å². The van der Waals surface area contributed by atoms with Crippen LogP contribution in [0.15, 0.2) is 69.9 Å². The molecule has 0 bridgehead atoms. The van der Waals surface area contributed by atoms with Gasteiger partial charge in [0.15, 0.2) is 5.16 Å². The lowest BCUT2D eigenvalue weighted by atomic mass is 10.2. The van der Waals surface area contributed by atoms with Gasteiger partial charge in [0.2, 0.25) is 5.89 Å². The van der Waals surface area contributed by atoms with E-state index in [0.717, 1.165) is 27.2 Å². The minimum absolute atomic E-state index is 0.686. The highest BCUT2D eigenvalue weighted by Gasteiger charge is 2.11. The van der Waals surface area contributed by atoms with Gasteiger partial charge in [-0.25, -0.2) is 9.97 Å². The first-order chi connectivity index (χ1) is 11.8. The van der Waals surface area contributed by atoms with Crippen LogP contribution >= 0.6 is 23.1 Å². The van der Waals surface area contributed by atoms with Crippen molar-refractivity contribution in [1.82, 2.24) is 14.5 Å². The molecular formula is C18H15N3OS2. The van der Waals surface area contributed by atoms with Crippen molar-refractivity contribution < 1.29 is 4.42 Å². The summed E-state index contributed by atoms with van der Waals surface area (Å²) in [7, 11) is 2.04. The van der Waals surface area contributed by atoms with E-state index in [1.807, 2.05) is 49.0 Å². The predicted octanol–water partition coefficient (Wildman–Crippen LogP) is 5.10. The average Bonchev–Trinajstić information content (AvgIpc) is 3.35. The third-order valence-electron chi connectivity index (χ3n) is 3.65. The van der Waals surface area contributed by atoms with Crippen LogP contribution in [0.25, 0.3) is 22.0 Å².